The highest BCUT2D eigenvalue weighted by atomic mass is 16.5. The molecule has 1 saturated carbocycles. The number of ketones is 1. The monoisotopic (exact) mass is 196 g/mol. The second kappa shape index (κ2) is 4.92. The van der Waals surface area contributed by atoms with Crippen molar-refractivity contribution in [2.45, 2.75) is 44.9 Å². The average Bonchev–Trinajstić information content (AvgIpc) is 2.12. The summed E-state index contributed by atoms with van der Waals surface area (Å²) in [5.41, 5.74) is 0. The Hall–Kier alpha value is -0.370. The number of hydrogen-bond acceptors (Lipinski definition) is 2. The molecule has 2 heteroatoms. The highest BCUT2D eigenvalue weighted by molar-refractivity contribution is 5.81. The van der Waals surface area contributed by atoms with Crippen molar-refractivity contribution in [3.05, 3.63) is 0 Å². The minimum atomic E-state index is 0.226. The second-order valence-electron chi connectivity index (χ2n) is 4.72. The van der Waals surface area contributed by atoms with Gasteiger partial charge in [-0.15, -0.1) is 0 Å². The topological polar surface area (TPSA) is 26.3 Å². The SMILES string of the molecule is O=C1CCOCC1CCCC1CCC1. The van der Waals surface area contributed by atoms with E-state index in [1.54, 1.807) is 0 Å². The quantitative estimate of drug-likeness (QED) is 0.690. The van der Waals surface area contributed by atoms with E-state index in [0.717, 1.165) is 12.3 Å². The third-order valence-corrected chi connectivity index (χ3v) is 3.66. The Balaban J connectivity index is 1.60. The molecule has 1 aliphatic carbocycles. The third-order valence-electron chi connectivity index (χ3n) is 3.66. The van der Waals surface area contributed by atoms with E-state index in [-0.39, 0.29) is 5.92 Å². The molecule has 2 aliphatic rings. The van der Waals surface area contributed by atoms with Crippen LogP contribution in [0.1, 0.15) is 44.9 Å². The molecule has 2 fully saturated rings. The van der Waals surface area contributed by atoms with Crippen LogP contribution in [0.15, 0.2) is 0 Å². The number of Topliss-reactive ketones (excluding diaryl/α,β-unsaturated/α-hetero) is 1. The van der Waals surface area contributed by atoms with Crippen LogP contribution in [0.5, 0.6) is 0 Å². The van der Waals surface area contributed by atoms with Gasteiger partial charge in [0.1, 0.15) is 5.78 Å². The molecule has 0 aromatic carbocycles. The summed E-state index contributed by atoms with van der Waals surface area (Å²) in [6.45, 7) is 1.33. The van der Waals surface area contributed by atoms with Crippen molar-refractivity contribution < 1.29 is 9.53 Å². The Morgan fingerprint density at radius 2 is 2.14 bits per heavy atom. The summed E-state index contributed by atoms with van der Waals surface area (Å²) in [7, 11) is 0. The van der Waals surface area contributed by atoms with Crippen molar-refractivity contribution in [3.63, 3.8) is 0 Å². The summed E-state index contributed by atoms with van der Waals surface area (Å²) in [5.74, 6) is 1.64. The van der Waals surface area contributed by atoms with E-state index in [0.29, 0.717) is 25.4 Å². The van der Waals surface area contributed by atoms with E-state index >= 15 is 0 Å². The van der Waals surface area contributed by atoms with Crippen molar-refractivity contribution in [2.75, 3.05) is 13.2 Å². The summed E-state index contributed by atoms with van der Waals surface area (Å²) < 4.78 is 5.33. The fraction of sp³-hybridized carbons (Fsp3) is 0.917. The summed E-state index contributed by atoms with van der Waals surface area (Å²) in [6, 6.07) is 0. The molecular formula is C12H20O2. The first-order valence-corrected chi connectivity index (χ1v) is 5.96. The van der Waals surface area contributed by atoms with Gasteiger partial charge in [0.25, 0.3) is 0 Å². The molecule has 0 aromatic heterocycles. The Morgan fingerprint density at radius 1 is 1.29 bits per heavy atom. The number of rotatable bonds is 4. The number of carbonyl (C=O) groups is 1. The van der Waals surface area contributed by atoms with Gasteiger partial charge in [0.05, 0.1) is 13.2 Å². The van der Waals surface area contributed by atoms with E-state index in [4.69, 9.17) is 4.74 Å². The molecule has 1 heterocycles. The molecule has 14 heavy (non-hydrogen) atoms. The van der Waals surface area contributed by atoms with E-state index in [1.807, 2.05) is 0 Å². The van der Waals surface area contributed by atoms with Gasteiger partial charge in [-0.1, -0.05) is 32.1 Å². The van der Waals surface area contributed by atoms with Gasteiger partial charge in [0, 0.05) is 12.3 Å². The van der Waals surface area contributed by atoms with Crippen LogP contribution in [0.25, 0.3) is 0 Å². The number of hydrogen-bond donors (Lipinski definition) is 0. The molecule has 1 aliphatic heterocycles. The summed E-state index contributed by atoms with van der Waals surface area (Å²) in [6.07, 6.45) is 8.55. The summed E-state index contributed by atoms with van der Waals surface area (Å²) >= 11 is 0. The first-order valence-electron chi connectivity index (χ1n) is 5.96. The van der Waals surface area contributed by atoms with Gasteiger partial charge in [-0.2, -0.15) is 0 Å². The molecule has 0 bridgehead atoms. The van der Waals surface area contributed by atoms with E-state index in [2.05, 4.69) is 0 Å². The zero-order valence-electron chi connectivity index (χ0n) is 8.84. The van der Waals surface area contributed by atoms with Crippen LogP contribution >= 0.6 is 0 Å². The second-order valence-corrected chi connectivity index (χ2v) is 4.72. The smallest absolute Gasteiger partial charge is 0.140 e. The Bertz CT molecular complexity index is 196. The van der Waals surface area contributed by atoms with Crippen LogP contribution < -0.4 is 0 Å². The lowest BCUT2D eigenvalue weighted by Gasteiger charge is -2.26. The van der Waals surface area contributed by atoms with Crippen molar-refractivity contribution >= 4 is 5.78 Å². The summed E-state index contributed by atoms with van der Waals surface area (Å²) in [5, 5.41) is 0. The fourth-order valence-corrected chi connectivity index (χ4v) is 2.37. The molecule has 2 rings (SSSR count). The maximum absolute atomic E-state index is 11.5. The maximum atomic E-state index is 11.5. The zero-order valence-corrected chi connectivity index (χ0v) is 8.84. The van der Waals surface area contributed by atoms with Gasteiger partial charge in [-0.05, 0) is 12.3 Å². The standard InChI is InChI=1S/C12H20O2/c13-12-7-8-14-9-11(12)6-2-5-10-3-1-4-10/h10-11H,1-9H2. The lowest BCUT2D eigenvalue weighted by Crippen LogP contribution is -2.27. The van der Waals surface area contributed by atoms with Gasteiger partial charge in [0.2, 0.25) is 0 Å². The predicted octanol–water partition coefficient (Wildman–Crippen LogP) is 2.56. The van der Waals surface area contributed by atoms with Crippen LogP contribution in [0.3, 0.4) is 0 Å². The minimum absolute atomic E-state index is 0.226. The van der Waals surface area contributed by atoms with Crippen LogP contribution in [0.4, 0.5) is 0 Å². The predicted molar refractivity (Wildman–Crippen MR) is 55.1 cm³/mol. The van der Waals surface area contributed by atoms with Crippen LogP contribution in [0, 0.1) is 11.8 Å². The normalized spacial score (nSPS) is 28.9. The van der Waals surface area contributed by atoms with Crippen LogP contribution in [-0.4, -0.2) is 19.0 Å². The van der Waals surface area contributed by atoms with E-state index in [9.17, 15) is 4.79 Å². The van der Waals surface area contributed by atoms with E-state index < -0.39 is 0 Å². The first kappa shape index (κ1) is 10.2. The van der Waals surface area contributed by atoms with Crippen molar-refractivity contribution in [3.8, 4) is 0 Å². The molecule has 0 radical (unpaired) electrons. The Labute approximate surface area is 86.0 Å². The highest BCUT2D eigenvalue weighted by Crippen LogP contribution is 2.31. The molecule has 0 spiro atoms. The van der Waals surface area contributed by atoms with Gasteiger partial charge in [-0.3, -0.25) is 4.79 Å². The van der Waals surface area contributed by atoms with Crippen molar-refractivity contribution in [1.82, 2.24) is 0 Å². The Morgan fingerprint density at radius 3 is 2.79 bits per heavy atom. The molecule has 0 aromatic rings. The van der Waals surface area contributed by atoms with Gasteiger partial charge in [0.15, 0.2) is 0 Å². The average molecular weight is 196 g/mol. The van der Waals surface area contributed by atoms with E-state index in [1.165, 1.54) is 32.1 Å². The molecular weight excluding hydrogens is 176 g/mol. The molecule has 1 saturated heterocycles. The highest BCUT2D eigenvalue weighted by Gasteiger charge is 2.23. The summed E-state index contributed by atoms with van der Waals surface area (Å²) in [4.78, 5) is 11.5. The minimum Gasteiger partial charge on any atom is -0.380 e. The van der Waals surface area contributed by atoms with Gasteiger partial charge < -0.3 is 4.74 Å². The lowest BCUT2D eigenvalue weighted by molar-refractivity contribution is -0.130. The van der Waals surface area contributed by atoms with Crippen LogP contribution in [0.2, 0.25) is 0 Å². The molecule has 2 nitrogen and oxygen atoms in total. The molecule has 0 N–H and O–H groups in total. The molecule has 1 atom stereocenters. The molecule has 1 unspecified atom stereocenters. The molecule has 80 valence electrons. The largest absolute Gasteiger partial charge is 0.380 e. The van der Waals surface area contributed by atoms with Crippen molar-refractivity contribution in [1.29, 1.82) is 0 Å². The van der Waals surface area contributed by atoms with Gasteiger partial charge >= 0.3 is 0 Å². The Kier molecular flexibility index (Phi) is 3.57. The van der Waals surface area contributed by atoms with Crippen molar-refractivity contribution in [2.24, 2.45) is 11.8 Å². The third kappa shape index (κ3) is 2.57. The first-order chi connectivity index (χ1) is 6.86. The van der Waals surface area contributed by atoms with Crippen LogP contribution in [-0.2, 0) is 9.53 Å². The zero-order chi connectivity index (χ0) is 9.80. The molecule has 0 amide bonds. The van der Waals surface area contributed by atoms with Gasteiger partial charge in [-0.25, -0.2) is 0 Å². The lowest BCUT2D eigenvalue weighted by atomic mass is 9.81. The maximum Gasteiger partial charge on any atom is 0.140 e. The fourth-order valence-electron chi connectivity index (χ4n) is 2.37. The number of ether oxygens (including phenoxy) is 1. The number of carbonyl (C=O) groups excluding carboxylic acids is 1.